The number of carbonyl (C=O) groups is 1. The predicted octanol–water partition coefficient (Wildman–Crippen LogP) is 3.17. The lowest BCUT2D eigenvalue weighted by molar-refractivity contribution is -0.125. The second-order valence-electron chi connectivity index (χ2n) is 4.65. The Morgan fingerprint density at radius 2 is 1.94 bits per heavy atom. The number of nitrogens with zero attached hydrogens (tertiary/aromatic N) is 1. The van der Waals surface area contributed by atoms with Gasteiger partial charge >= 0.3 is 0 Å². The minimum atomic E-state index is -0.0236. The van der Waals surface area contributed by atoms with E-state index >= 15 is 0 Å². The lowest BCUT2D eigenvalue weighted by Gasteiger charge is -2.17. The smallest absolute Gasteiger partial charge is 0.223 e. The molecular weight excluding hydrogens is 224 g/mol. The second-order valence-corrected chi connectivity index (χ2v) is 4.65. The van der Waals surface area contributed by atoms with Crippen molar-refractivity contribution >= 4 is 5.91 Å². The maximum Gasteiger partial charge on any atom is 0.223 e. The Morgan fingerprint density at radius 3 is 2.44 bits per heavy atom. The van der Waals surface area contributed by atoms with Crippen molar-refractivity contribution in [2.24, 2.45) is 5.92 Å². The molecule has 1 rings (SSSR count). The van der Waals surface area contributed by atoms with Gasteiger partial charge in [-0.05, 0) is 31.0 Å². The van der Waals surface area contributed by atoms with Gasteiger partial charge in [0.15, 0.2) is 0 Å². The highest BCUT2D eigenvalue weighted by atomic mass is 16.1. The molecule has 0 aliphatic heterocycles. The maximum absolute atomic E-state index is 11.9. The van der Waals surface area contributed by atoms with Gasteiger partial charge in [0, 0.05) is 5.92 Å². The summed E-state index contributed by atoms with van der Waals surface area (Å²) < 4.78 is 0. The molecule has 0 fully saturated rings. The molecule has 3 nitrogen and oxygen atoms in total. The topological polar surface area (TPSA) is 52.9 Å². The first kappa shape index (κ1) is 14.2. The summed E-state index contributed by atoms with van der Waals surface area (Å²) in [6.45, 7) is 5.98. The average Bonchev–Trinajstić information content (AvgIpc) is 2.39. The van der Waals surface area contributed by atoms with Crippen LogP contribution in [0.2, 0.25) is 0 Å². The lowest BCUT2D eigenvalue weighted by Crippen LogP contribution is -2.31. The Kier molecular flexibility index (Phi) is 5.38. The van der Waals surface area contributed by atoms with Gasteiger partial charge in [0.05, 0.1) is 17.7 Å². The molecule has 0 aliphatic rings. The van der Waals surface area contributed by atoms with Gasteiger partial charge in [-0.25, -0.2) is 0 Å². The summed E-state index contributed by atoms with van der Waals surface area (Å²) in [7, 11) is 0. The van der Waals surface area contributed by atoms with Gasteiger partial charge in [-0.15, -0.1) is 0 Å². The number of rotatable bonds is 5. The van der Waals surface area contributed by atoms with E-state index in [2.05, 4.69) is 18.3 Å². The predicted molar refractivity (Wildman–Crippen MR) is 71.8 cm³/mol. The molecule has 1 aromatic rings. The van der Waals surface area contributed by atoms with E-state index < -0.39 is 0 Å². The molecular formula is C15H20N2O. The molecule has 0 saturated heterocycles. The van der Waals surface area contributed by atoms with Gasteiger partial charge in [-0.1, -0.05) is 32.4 Å². The number of hydrogen-bond acceptors (Lipinski definition) is 2. The number of benzene rings is 1. The minimum absolute atomic E-state index is 0.0236. The number of amides is 1. The number of nitrogens with one attached hydrogen (secondary N) is 1. The van der Waals surface area contributed by atoms with E-state index in [1.807, 2.05) is 26.0 Å². The molecule has 0 aliphatic carbocycles. The van der Waals surface area contributed by atoms with Gasteiger partial charge in [0.25, 0.3) is 0 Å². The van der Waals surface area contributed by atoms with Gasteiger partial charge in [-0.3, -0.25) is 4.79 Å². The molecule has 0 radical (unpaired) electrons. The summed E-state index contributed by atoms with van der Waals surface area (Å²) in [6, 6.07) is 9.37. The van der Waals surface area contributed by atoms with Crippen LogP contribution in [0.15, 0.2) is 24.3 Å². The molecule has 0 aromatic heterocycles. The van der Waals surface area contributed by atoms with Crippen molar-refractivity contribution < 1.29 is 4.79 Å². The molecule has 0 spiro atoms. The van der Waals surface area contributed by atoms with Crippen LogP contribution in [0.1, 0.15) is 50.8 Å². The minimum Gasteiger partial charge on any atom is -0.349 e. The standard InChI is InChI=1S/C15H20N2O/c1-4-5-11(2)15(18)17-12(3)14-8-6-13(10-16)7-9-14/h6-9,11-12H,4-5H2,1-3H3,(H,17,18). The van der Waals surface area contributed by atoms with E-state index in [-0.39, 0.29) is 17.9 Å². The number of carbonyl (C=O) groups excluding carboxylic acids is 1. The van der Waals surface area contributed by atoms with Crippen LogP contribution >= 0.6 is 0 Å². The monoisotopic (exact) mass is 244 g/mol. The summed E-state index contributed by atoms with van der Waals surface area (Å²) in [6.07, 6.45) is 1.92. The third-order valence-corrected chi connectivity index (χ3v) is 3.07. The summed E-state index contributed by atoms with van der Waals surface area (Å²) >= 11 is 0. The lowest BCUT2D eigenvalue weighted by atomic mass is 10.0. The number of hydrogen-bond donors (Lipinski definition) is 1. The highest BCUT2D eigenvalue weighted by Gasteiger charge is 2.15. The van der Waals surface area contributed by atoms with Crippen LogP contribution in [0.5, 0.6) is 0 Å². The molecule has 18 heavy (non-hydrogen) atoms. The summed E-state index contributed by atoms with van der Waals surface area (Å²) in [5, 5.41) is 11.7. The fourth-order valence-corrected chi connectivity index (χ4v) is 1.85. The third kappa shape index (κ3) is 3.89. The van der Waals surface area contributed by atoms with Crippen LogP contribution in [0.3, 0.4) is 0 Å². The zero-order valence-corrected chi connectivity index (χ0v) is 11.2. The second kappa shape index (κ2) is 6.80. The molecule has 1 amide bonds. The van der Waals surface area contributed by atoms with Crippen LogP contribution in [-0.4, -0.2) is 5.91 Å². The van der Waals surface area contributed by atoms with E-state index in [0.29, 0.717) is 5.56 Å². The van der Waals surface area contributed by atoms with Crippen molar-refractivity contribution in [3.63, 3.8) is 0 Å². The van der Waals surface area contributed by atoms with Crippen LogP contribution in [0, 0.1) is 17.2 Å². The van der Waals surface area contributed by atoms with E-state index in [1.54, 1.807) is 12.1 Å². The molecule has 2 atom stereocenters. The Bertz CT molecular complexity index is 431. The van der Waals surface area contributed by atoms with Gasteiger partial charge in [0.1, 0.15) is 0 Å². The fraction of sp³-hybridized carbons (Fsp3) is 0.467. The van der Waals surface area contributed by atoms with Crippen LogP contribution < -0.4 is 5.32 Å². The Hall–Kier alpha value is -1.82. The van der Waals surface area contributed by atoms with Crippen molar-refractivity contribution in [3.05, 3.63) is 35.4 Å². The summed E-state index contributed by atoms with van der Waals surface area (Å²) in [4.78, 5) is 11.9. The SMILES string of the molecule is CCCC(C)C(=O)NC(C)c1ccc(C#N)cc1. The molecule has 1 aromatic carbocycles. The molecule has 1 N–H and O–H groups in total. The summed E-state index contributed by atoms with van der Waals surface area (Å²) in [5.41, 5.74) is 1.66. The highest BCUT2D eigenvalue weighted by molar-refractivity contribution is 5.78. The molecule has 3 heteroatoms. The maximum atomic E-state index is 11.9. The molecule has 0 bridgehead atoms. The Morgan fingerprint density at radius 1 is 1.33 bits per heavy atom. The fourth-order valence-electron chi connectivity index (χ4n) is 1.85. The van der Waals surface area contributed by atoms with E-state index in [1.165, 1.54) is 0 Å². The van der Waals surface area contributed by atoms with Crippen molar-refractivity contribution in [2.45, 2.75) is 39.7 Å². The normalized spacial score (nSPS) is 13.4. The van der Waals surface area contributed by atoms with Gasteiger partial charge < -0.3 is 5.32 Å². The van der Waals surface area contributed by atoms with Crippen molar-refractivity contribution in [2.75, 3.05) is 0 Å². The van der Waals surface area contributed by atoms with E-state index in [9.17, 15) is 4.79 Å². The Labute approximate surface area is 109 Å². The molecule has 0 saturated carbocycles. The quantitative estimate of drug-likeness (QED) is 0.865. The largest absolute Gasteiger partial charge is 0.349 e. The Balaban J connectivity index is 2.62. The molecule has 2 unspecified atom stereocenters. The first-order valence-corrected chi connectivity index (χ1v) is 6.39. The van der Waals surface area contributed by atoms with Gasteiger partial charge in [-0.2, -0.15) is 5.26 Å². The summed E-state index contributed by atoms with van der Waals surface area (Å²) in [5.74, 6) is 0.143. The van der Waals surface area contributed by atoms with Crippen LogP contribution in [0.4, 0.5) is 0 Å². The van der Waals surface area contributed by atoms with E-state index in [4.69, 9.17) is 5.26 Å². The van der Waals surface area contributed by atoms with Crippen molar-refractivity contribution in [1.82, 2.24) is 5.32 Å². The number of nitriles is 1. The third-order valence-electron chi connectivity index (χ3n) is 3.07. The molecule has 0 heterocycles. The van der Waals surface area contributed by atoms with Gasteiger partial charge in [0.2, 0.25) is 5.91 Å². The van der Waals surface area contributed by atoms with Crippen molar-refractivity contribution in [3.8, 4) is 6.07 Å². The molecule has 96 valence electrons. The van der Waals surface area contributed by atoms with Crippen LogP contribution in [0.25, 0.3) is 0 Å². The van der Waals surface area contributed by atoms with Crippen LogP contribution in [-0.2, 0) is 4.79 Å². The zero-order chi connectivity index (χ0) is 13.5. The first-order valence-electron chi connectivity index (χ1n) is 6.39. The first-order chi connectivity index (χ1) is 8.58. The van der Waals surface area contributed by atoms with E-state index in [0.717, 1.165) is 18.4 Å². The van der Waals surface area contributed by atoms with Crippen molar-refractivity contribution in [1.29, 1.82) is 5.26 Å². The zero-order valence-electron chi connectivity index (χ0n) is 11.2. The highest BCUT2D eigenvalue weighted by Crippen LogP contribution is 2.14. The average molecular weight is 244 g/mol.